The first kappa shape index (κ1) is 9.99. The zero-order valence-corrected chi connectivity index (χ0v) is 8.33. The molecule has 1 aromatic rings. The van der Waals surface area contributed by atoms with E-state index in [-0.39, 0.29) is 0 Å². The molecular formula is C10H16N2O. The average Bonchev–Trinajstić information content (AvgIpc) is 2.16. The molecule has 0 aliphatic heterocycles. The second-order valence-corrected chi connectivity index (χ2v) is 3.11. The topological polar surface area (TPSA) is 45.2 Å². The number of aliphatic hydroxyl groups is 1. The quantitative estimate of drug-likeness (QED) is 0.746. The van der Waals surface area contributed by atoms with Gasteiger partial charge in [0.2, 0.25) is 0 Å². The lowest BCUT2D eigenvalue weighted by Gasteiger charge is -2.10. The number of hydrogen-bond donors (Lipinski definition) is 2. The number of aliphatic hydroxyl groups excluding tert-OH is 1. The second-order valence-electron chi connectivity index (χ2n) is 3.11. The third-order valence-corrected chi connectivity index (χ3v) is 2.11. The zero-order valence-electron chi connectivity index (χ0n) is 8.33. The fraction of sp³-hybridized carbons (Fsp3) is 0.500. The van der Waals surface area contributed by atoms with Crippen molar-refractivity contribution in [2.24, 2.45) is 0 Å². The van der Waals surface area contributed by atoms with E-state index >= 15 is 0 Å². The van der Waals surface area contributed by atoms with Gasteiger partial charge < -0.3 is 10.4 Å². The Kier molecular flexibility index (Phi) is 3.25. The Morgan fingerprint density at radius 2 is 2.31 bits per heavy atom. The van der Waals surface area contributed by atoms with E-state index in [0.29, 0.717) is 0 Å². The molecule has 3 nitrogen and oxygen atoms in total. The molecule has 0 aliphatic rings. The molecule has 1 aromatic heterocycles. The summed E-state index contributed by atoms with van der Waals surface area (Å²) in [5.74, 6) is 0.868. The molecule has 72 valence electrons. The maximum Gasteiger partial charge on any atom is 0.128 e. The molecule has 13 heavy (non-hydrogen) atoms. The minimum Gasteiger partial charge on any atom is -0.388 e. The van der Waals surface area contributed by atoms with Crippen molar-refractivity contribution in [1.82, 2.24) is 4.98 Å². The van der Waals surface area contributed by atoms with Gasteiger partial charge >= 0.3 is 0 Å². The summed E-state index contributed by atoms with van der Waals surface area (Å²) in [5, 5.41) is 12.5. The van der Waals surface area contributed by atoms with Crippen molar-refractivity contribution in [1.29, 1.82) is 0 Å². The summed E-state index contributed by atoms with van der Waals surface area (Å²) in [6, 6.07) is 1.97. The zero-order chi connectivity index (χ0) is 9.84. The van der Waals surface area contributed by atoms with Gasteiger partial charge in [-0.1, -0.05) is 6.92 Å². The highest BCUT2D eigenvalue weighted by Gasteiger charge is 2.06. The highest BCUT2D eigenvalue weighted by atomic mass is 16.3. The molecular weight excluding hydrogens is 164 g/mol. The molecule has 3 heteroatoms. The van der Waals surface area contributed by atoms with E-state index in [0.717, 1.165) is 23.4 Å². The van der Waals surface area contributed by atoms with E-state index in [9.17, 15) is 5.11 Å². The summed E-state index contributed by atoms with van der Waals surface area (Å²) in [4.78, 5) is 4.19. The van der Waals surface area contributed by atoms with Crippen LogP contribution >= 0.6 is 0 Å². The Balaban J connectivity index is 2.95. The molecule has 1 rings (SSSR count). The van der Waals surface area contributed by atoms with Gasteiger partial charge in [-0.3, -0.25) is 0 Å². The molecule has 0 bridgehead atoms. The molecule has 2 N–H and O–H groups in total. The first-order valence-corrected chi connectivity index (χ1v) is 4.51. The molecule has 0 spiro atoms. The highest BCUT2D eigenvalue weighted by molar-refractivity contribution is 5.44. The van der Waals surface area contributed by atoms with E-state index in [2.05, 4.69) is 10.3 Å². The molecule has 0 radical (unpaired) electrons. The van der Waals surface area contributed by atoms with Gasteiger partial charge in [0, 0.05) is 13.2 Å². The molecule has 0 saturated carbocycles. The Bertz CT molecular complexity index is 286. The lowest BCUT2D eigenvalue weighted by Crippen LogP contribution is -2.00. The molecule has 0 saturated heterocycles. The normalized spacial score (nSPS) is 12.6. The maximum absolute atomic E-state index is 9.56. The molecule has 0 aromatic carbocycles. The second kappa shape index (κ2) is 4.23. The molecule has 1 atom stereocenters. The number of hydrogen-bond acceptors (Lipinski definition) is 3. The van der Waals surface area contributed by atoms with Gasteiger partial charge in [0.1, 0.15) is 5.82 Å². The summed E-state index contributed by atoms with van der Waals surface area (Å²) in [6.07, 6.45) is 2.05. The molecule has 1 unspecified atom stereocenters. The third kappa shape index (κ3) is 2.18. The Morgan fingerprint density at radius 1 is 1.62 bits per heavy atom. The fourth-order valence-electron chi connectivity index (χ4n) is 1.28. The van der Waals surface area contributed by atoms with Crippen LogP contribution < -0.4 is 5.32 Å². The van der Waals surface area contributed by atoms with Crippen molar-refractivity contribution >= 4 is 5.82 Å². The fourth-order valence-corrected chi connectivity index (χ4v) is 1.28. The van der Waals surface area contributed by atoms with Crippen molar-refractivity contribution in [2.45, 2.75) is 26.4 Å². The molecule has 0 amide bonds. The first-order chi connectivity index (χ1) is 6.19. The van der Waals surface area contributed by atoms with Gasteiger partial charge in [-0.25, -0.2) is 4.98 Å². The Labute approximate surface area is 78.8 Å². The predicted molar refractivity (Wildman–Crippen MR) is 53.8 cm³/mol. The van der Waals surface area contributed by atoms with E-state index in [1.807, 2.05) is 27.0 Å². The first-order valence-electron chi connectivity index (χ1n) is 4.51. The monoisotopic (exact) mass is 180 g/mol. The predicted octanol–water partition coefficient (Wildman–Crippen LogP) is 1.88. The third-order valence-electron chi connectivity index (χ3n) is 2.11. The maximum atomic E-state index is 9.56. The SMILES string of the molecule is CCC(O)c1cnc(NC)c(C)c1. The van der Waals surface area contributed by atoms with Crippen molar-refractivity contribution in [2.75, 3.05) is 12.4 Å². The van der Waals surface area contributed by atoms with Crippen LogP contribution in [0.3, 0.4) is 0 Å². The number of rotatable bonds is 3. The van der Waals surface area contributed by atoms with Crippen molar-refractivity contribution in [3.05, 3.63) is 23.4 Å². The molecule has 1 heterocycles. The number of aromatic nitrogens is 1. The van der Waals surface area contributed by atoms with Gasteiger partial charge in [0.05, 0.1) is 6.10 Å². The van der Waals surface area contributed by atoms with E-state index in [4.69, 9.17) is 0 Å². The lowest BCUT2D eigenvalue weighted by molar-refractivity contribution is 0.173. The summed E-state index contributed by atoms with van der Waals surface area (Å²) >= 11 is 0. The number of pyridine rings is 1. The number of aryl methyl sites for hydroxylation is 1. The summed E-state index contributed by atoms with van der Waals surface area (Å²) in [6.45, 7) is 3.93. The number of nitrogens with zero attached hydrogens (tertiary/aromatic N) is 1. The van der Waals surface area contributed by atoms with E-state index < -0.39 is 6.10 Å². The van der Waals surface area contributed by atoms with Gasteiger partial charge in [0.25, 0.3) is 0 Å². The van der Waals surface area contributed by atoms with Crippen LogP contribution in [0.4, 0.5) is 5.82 Å². The lowest BCUT2D eigenvalue weighted by atomic mass is 10.1. The van der Waals surface area contributed by atoms with Crippen LogP contribution in [0.1, 0.15) is 30.6 Å². The van der Waals surface area contributed by atoms with Crippen LogP contribution in [-0.4, -0.2) is 17.1 Å². The van der Waals surface area contributed by atoms with Crippen molar-refractivity contribution in [3.8, 4) is 0 Å². The van der Waals surface area contributed by atoms with Crippen LogP contribution in [-0.2, 0) is 0 Å². The van der Waals surface area contributed by atoms with Gasteiger partial charge in [-0.15, -0.1) is 0 Å². The van der Waals surface area contributed by atoms with Crippen LogP contribution in [0.15, 0.2) is 12.3 Å². The minimum atomic E-state index is -0.392. The smallest absolute Gasteiger partial charge is 0.128 e. The van der Waals surface area contributed by atoms with Gasteiger partial charge in [-0.05, 0) is 30.5 Å². The van der Waals surface area contributed by atoms with E-state index in [1.165, 1.54) is 0 Å². The van der Waals surface area contributed by atoms with Crippen LogP contribution in [0, 0.1) is 6.92 Å². The van der Waals surface area contributed by atoms with Gasteiger partial charge in [-0.2, -0.15) is 0 Å². The summed E-state index contributed by atoms with van der Waals surface area (Å²) in [5.41, 5.74) is 1.95. The Hall–Kier alpha value is -1.09. The average molecular weight is 180 g/mol. The minimum absolute atomic E-state index is 0.392. The van der Waals surface area contributed by atoms with Crippen LogP contribution in [0.5, 0.6) is 0 Å². The summed E-state index contributed by atoms with van der Waals surface area (Å²) in [7, 11) is 1.84. The largest absolute Gasteiger partial charge is 0.388 e. The number of nitrogens with one attached hydrogen (secondary N) is 1. The van der Waals surface area contributed by atoms with Crippen molar-refractivity contribution in [3.63, 3.8) is 0 Å². The van der Waals surface area contributed by atoms with Crippen LogP contribution in [0.25, 0.3) is 0 Å². The Morgan fingerprint density at radius 3 is 2.77 bits per heavy atom. The van der Waals surface area contributed by atoms with Gasteiger partial charge in [0.15, 0.2) is 0 Å². The summed E-state index contributed by atoms with van der Waals surface area (Å²) < 4.78 is 0. The number of anilines is 1. The molecule has 0 fully saturated rings. The standard InChI is InChI=1S/C10H16N2O/c1-4-9(13)8-5-7(2)10(11-3)12-6-8/h5-6,9,13H,4H2,1-3H3,(H,11,12). The highest BCUT2D eigenvalue weighted by Crippen LogP contribution is 2.19. The van der Waals surface area contributed by atoms with E-state index in [1.54, 1.807) is 6.20 Å². The molecule has 0 aliphatic carbocycles. The van der Waals surface area contributed by atoms with Crippen molar-refractivity contribution < 1.29 is 5.11 Å². The van der Waals surface area contributed by atoms with Crippen LogP contribution in [0.2, 0.25) is 0 Å².